The summed E-state index contributed by atoms with van der Waals surface area (Å²) in [5, 5.41) is 0. The normalized spacial score (nSPS) is 13.1. The lowest BCUT2D eigenvalue weighted by molar-refractivity contribution is 0.101. The number of ketones is 1. The molecule has 0 fully saturated rings. The first-order valence-electron chi connectivity index (χ1n) is 6.61. The standard InChI is InChI=1S/C18H17FO/c1-13(15-7-4-3-5-8-15)11-18(19)17-10-6-9-16(12-17)14(2)20/h3-13H,1-2H3/b18-11+. The van der Waals surface area contributed by atoms with Crippen LogP contribution in [0.5, 0.6) is 0 Å². The molecule has 0 aliphatic heterocycles. The van der Waals surface area contributed by atoms with Gasteiger partial charge in [0.15, 0.2) is 5.78 Å². The second-order valence-electron chi connectivity index (χ2n) is 4.85. The van der Waals surface area contributed by atoms with Crippen molar-refractivity contribution in [2.24, 2.45) is 0 Å². The highest BCUT2D eigenvalue weighted by atomic mass is 19.1. The summed E-state index contributed by atoms with van der Waals surface area (Å²) in [5.74, 6) is -0.377. The molecule has 0 aromatic heterocycles. The number of carbonyl (C=O) groups excluding carboxylic acids is 1. The minimum absolute atomic E-state index is 0.0165. The van der Waals surface area contributed by atoms with E-state index in [0.29, 0.717) is 11.1 Å². The summed E-state index contributed by atoms with van der Waals surface area (Å²) in [5.41, 5.74) is 2.03. The lowest BCUT2D eigenvalue weighted by Gasteiger charge is -2.08. The minimum atomic E-state index is -0.301. The van der Waals surface area contributed by atoms with E-state index in [1.54, 1.807) is 30.3 Å². The maximum Gasteiger partial charge on any atom is 0.159 e. The lowest BCUT2D eigenvalue weighted by atomic mass is 9.99. The quantitative estimate of drug-likeness (QED) is 0.713. The van der Waals surface area contributed by atoms with Gasteiger partial charge in [-0.2, -0.15) is 0 Å². The van der Waals surface area contributed by atoms with Gasteiger partial charge in [-0.1, -0.05) is 55.5 Å². The van der Waals surface area contributed by atoms with Crippen LogP contribution in [0.15, 0.2) is 60.7 Å². The first-order valence-corrected chi connectivity index (χ1v) is 6.61. The molecule has 2 rings (SSSR count). The van der Waals surface area contributed by atoms with Crippen molar-refractivity contribution in [3.63, 3.8) is 0 Å². The van der Waals surface area contributed by atoms with Gasteiger partial charge in [0.05, 0.1) is 0 Å². The van der Waals surface area contributed by atoms with Crippen LogP contribution in [-0.4, -0.2) is 5.78 Å². The van der Waals surface area contributed by atoms with E-state index in [-0.39, 0.29) is 17.5 Å². The number of rotatable bonds is 4. The minimum Gasteiger partial charge on any atom is -0.295 e. The Morgan fingerprint density at radius 2 is 1.70 bits per heavy atom. The zero-order valence-corrected chi connectivity index (χ0v) is 11.6. The van der Waals surface area contributed by atoms with Gasteiger partial charge in [0.1, 0.15) is 5.83 Å². The van der Waals surface area contributed by atoms with Crippen molar-refractivity contribution >= 4 is 11.6 Å². The molecule has 0 radical (unpaired) electrons. The van der Waals surface area contributed by atoms with Crippen molar-refractivity contribution in [1.82, 2.24) is 0 Å². The highest BCUT2D eigenvalue weighted by Crippen LogP contribution is 2.24. The summed E-state index contributed by atoms with van der Waals surface area (Å²) in [7, 11) is 0. The maximum atomic E-state index is 14.3. The molecule has 0 heterocycles. The number of allylic oxidation sites excluding steroid dienone is 1. The lowest BCUT2D eigenvalue weighted by Crippen LogP contribution is -1.94. The fourth-order valence-electron chi connectivity index (χ4n) is 2.06. The Morgan fingerprint density at radius 3 is 2.35 bits per heavy atom. The van der Waals surface area contributed by atoms with Crippen molar-refractivity contribution in [3.05, 3.63) is 77.4 Å². The molecule has 2 heteroatoms. The highest BCUT2D eigenvalue weighted by Gasteiger charge is 2.08. The van der Waals surface area contributed by atoms with Crippen LogP contribution in [0.1, 0.15) is 41.3 Å². The first-order chi connectivity index (χ1) is 9.58. The predicted molar refractivity (Wildman–Crippen MR) is 80.4 cm³/mol. The molecule has 2 aromatic rings. The second kappa shape index (κ2) is 6.29. The Balaban J connectivity index is 2.26. The van der Waals surface area contributed by atoms with Crippen LogP contribution in [-0.2, 0) is 0 Å². The van der Waals surface area contributed by atoms with Gasteiger partial charge in [0.25, 0.3) is 0 Å². The largest absolute Gasteiger partial charge is 0.295 e. The first kappa shape index (κ1) is 14.2. The molecule has 1 atom stereocenters. The number of benzene rings is 2. The van der Waals surface area contributed by atoms with Crippen molar-refractivity contribution in [1.29, 1.82) is 0 Å². The average Bonchev–Trinajstić information content (AvgIpc) is 2.48. The van der Waals surface area contributed by atoms with E-state index >= 15 is 0 Å². The molecule has 0 spiro atoms. The van der Waals surface area contributed by atoms with Gasteiger partial charge in [-0.25, -0.2) is 4.39 Å². The van der Waals surface area contributed by atoms with Gasteiger partial charge >= 0.3 is 0 Å². The fourth-order valence-corrected chi connectivity index (χ4v) is 2.06. The summed E-state index contributed by atoms with van der Waals surface area (Å²) >= 11 is 0. The van der Waals surface area contributed by atoms with Gasteiger partial charge in [-0.15, -0.1) is 0 Å². The third-order valence-corrected chi connectivity index (χ3v) is 3.27. The van der Waals surface area contributed by atoms with Gasteiger partial charge in [-0.3, -0.25) is 4.79 Å². The summed E-state index contributed by atoms with van der Waals surface area (Å²) < 4.78 is 14.3. The third kappa shape index (κ3) is 3.41. The van der Waals surface area contributed by atoms with Gasteiger partial charge in [0, 0.05) is 17.0 Å². The number of hydrogen-bond acceptors (Lipinski definition) is 1. The molecule has 0 saturated carbocycles. The van der Waals surface area contributed by atoms with E-state index in [1.165, 1.54) is 6.92 Å². The van der Waals surface area contributed by atoms with Gasteiger partial charge in [-0.05, 0) is 24.6 Å². The predicted octanol–water partition coefficient (Wildman–Crippen LogP) is 5.00. The van der Waals surface area contributed by atoms with Crippen molar-refractivity contribution in [2.75, 3.05) is 0 Å². The Labute approximate surface area is 118 Å². The Kier molecular flexibility index (Phi) is 4.46. The van der Waals surface area contributed by atoms with Crippen LogP contribution < -0.4 is 0 Å². The molecule has 0 N–H and O–H groups in total. The van der Waals surface area contributed by atoms with Crippen LogP contribution in [0.25, 0.3) is 5.83 Å². The summed E-state index contributed by atoms with van der Waals surface area (Å²) in [6.45, 7) is 3.43. The molecule has 0 bridgehead atoms. The monoisotopic (exact) mass is 268 g/mol. The summed E-state index contributed by atoms with van der Waals surface area (Å²) in [6, 6.07) is 16.4. The topological polar surface area (TPSA) is 17.1 Å². The third-order valence-electron chi connectivity index (χ3n) is 3.27. The van der Waals surface area contributed by atoms with E-state index in [1.807, 2.05) is 37.3 Å². The summed E-state index contributed by atoms with van der Waals surface area (Å²) in [6.07, 6.45) is 1.58. The molecule has 20 heavy (non-hydrogen) atoms. The Bertz CT molecular complexity index is 629. The van der Waals surface area contributed by atoms with E-state index < -0.39 is 0 Å². The average molecular weight is 268 g/mol. The Hall–Kier alpha value is -2.22. The molecule has 2 aromatic carbocycles. The molecular weight excluding hydrogens is 251 g/mol. The van der Waals surface area contributed by atoms with Crippen LogP contribution in [0, 0.1) is 0 Å². The van der Waals surface area contributed by atoms with E-state index in [0.717, 1.165) is 5.56 Å². The highest BCUT2D eigenvalue weighted by molar-refractivity contribution is 5.94. The molecule has 0 aliphatic rings. The van der Waals surface area contributed by atoms with Crippen LogP contribution in [0.3, 0.4) is 0 Å². The van der Waals surface area contributed by atoms with Crippen molar-refractivity contribution in [2.45, 2.75) is 19.8 Å². The van der Waals surface area contributed by atoms with E-state index in [9.17, 15) is 9.18 Å². The van der Waals surface area contributed by atoms with Gasteiger partial charge < -0.3 is 0 Å². The molecule has 0 amide bonds. The molecule has 0 saturated heterocycles. The number of carbonyl (C=O) groups is 1. The second-order valence-corrected chi connectivity index (χ2v) is 4.85. The smallest absolute Gasteiger partial charge is 0.159 e. The van der Waals surface area contributed by atoms with Gasteiger partial charge in [0.2, 0.25) is 0 Å². The molecule has 0 aliphatic carbocycles. The fraction of sp³-hybridized carbons (Fsp3) is 0.167. The Morgan fingerprint density at radius 1 is 1.05 bits per heavy atom. The molecule has 102 valence electrons. The zero-order valence-electron chi connectivity index (χ0n) is 11.6. The van der Waals surface area contributed by atoms with E-state index in [4.69, 9.17) is 0 Å². The number of hydrogen-bond donors (Lipinski definition) is 0. The number of halogens is 1. The maximum absolute atomic E-state index is 14.3. The van der Waals surface area contributed by atoms with Crippen LogP contribution >= 0.6 is 0 Å². The molecule has 1 nitrogen and oxygen atoms in total. The van der Waals surface area contributed by atoms with E-state index in [2.05, 4.69) is 0 Å². The summed E-state index contributed by atoms with van der Waals surface area (Å²) in [4.78, 5) is 11.3. The molecular formula is C18H17FO. The SMILES string of the molecule is CC(=O)c1cccc(/C(F)=C\C(C)c2ccccc2)c1. The molecule has 1 unspecified atom stereocenters. The van der Waals surface area contributed by atoms with Crippen molar-refractivity contribution < 1.29 is 9.18 Å². The number of Topliss-reactive ketones (excluding diaryl/α,β-unsaturated/α-hetero) is 1. The van der Waals surface area contributed by atoms with Crippen molar-refractivity contribution in [3.8, 4) is 0 Å². The van der Waals surface area contributed by atoms with Crippen LogP contribution in [0.4, 0.5) is 4.39 Å². The zero-order chi connectivity index (χ0) is 14.5. The van der Waals surface area contributed by atoms with Crippen LogP contribution in [0.2, 0.25) is 0 Å².